The molecule has 1 fully saturated rings. The van der Waals surface area contributed by atoms with E-state index in [2.05, 4.69) is 58.6 Å². The van der Waals surface area contributed by atoms with Crippen molar-refractivity contribution < 1.29 is 18.7 Å². The second-order valence-electron chi connectivity index (χ2n) is 10.5. The maximum atomic E-state index is 13.8. The second-order valence-corrected chi connectivity index (χ2v) is 10.5. The summed E-state index contributed by atoms with van der Waals surface area (Å²) in [6.07, 6.45) is 1.66. The number of hydrogen-bond acceptors (Lipinski definition) is 5. The van der Waals surface area contributed by atoms with Crippen LogP contribution in [0.2, 0.25) is 0 Å². The molecule has 0 bridgehead atoms. The largest absolute Gasteiger partial charge is 0.390 e. The number of aromatic nitrogens is 1. The minimum absolute atomic E-state index is 0.0903. The lowest BCUT2D eigenvalue weighted by molar-refractivity contribution is -0.120. The van der Waals surface area contributed by atoms with Gasteiger partial charge in [-0.1, -0.05) is 44.2 Å². The smallest absolute Gasteiger partial charge is 0.217 e. The molecule has 4 rings (SSSR count). The molecule has 2 heterocycles. The first-order valence-corrected chi connectivity index (χ1v) is 13.1. The van der Waals surface area contributed by atoms with E-state index in [9.17, 15) is 18.7 Å². The van der Waals surface area contributed by atoms with Crippen molar-refractivity contribution in [1.29, 1.82) is 0 Å². The van der Waals surface area contributed by atoms with Gasteiger partial charge in [-0.15, -0.1) is 0 Å². The molecule has 1 saturated heterocycles. The maximum absolute atomic E-state index is 13.8. The molecule has 3 N–H and O–H groups in total. The van der Waals surface area contributed by atoms with E-state index >= 15 is 0 Å². The summed E-state index contributed by atoms with van der Waals surface area (Å²) in [6.45, 7) is 7.28. The number of aliphatic hydroxyl groups is 1. The minimum Gasteiger partial charge on any atom is -0.390 e. The van der Waals surface area contributed by atoms with Gasteiger partial charge < -0.3 is 20.6 Å². The molecule has 0 aliphatic carbocycles. The van der Waals surface area contributed by atoms with E-state index in [1.165, 1.54) is 24.6 Å². The zero-order valence-corrected chi connectivity index (χ0v) is 22.1. The Morgan fingerprint density at radius 3 is 2.53 bits per heavy atom. The van der Waals surface area contributed by atoms with Gasteiger partial charge in [0.1, 0.15) is 17.5 Å². The number of hydrogen-bond donors (Lipinski definition) is 3. The van der Waals surface area contributed by atoms with Crippen LogP contribution in [-0.2, 0) is 16.8 Å². The van der Waals surface area contributed by atoms with Crippen LogP contribution in [0.5, 0.6) is 0 Å². The molecule has 1 aromatic heterocycles. The van der Waals surface area contributed by atoms with Crippen LogP contribution in [0.25, 0.3) is 0 Å². The molecule has 3 atom stereocenters. The Balaban J connectivity index is 1.58. The van der Waals surface area contributed by atoms with Gasteiger partial charge in [-0.25, -0.2) is 13.8 Å². The Labute approximate surface area is 223 Å². The number of aliphatic hydroxyl groups excluding tert-OH is 1. The van der Waals surface area contributed by atoms with Crippen LogP contribution in [0, 0.1) is 11.6 Å². The van der Waals surface area contributed by atoms with E-state index in [0.29, 0.717) is 18.0 Å². The third kappa shape index (κ3) is 6.74. The average molecular weight is 523 g/mol. The molecule has 202 valence electrons. The second kappa shape index (κ2) is 12.0. The number of nitrogens with zero attached hydrogens (tertiary/aromatic N) is 2. The molecule has 0 spiro atoms. The monoisotopic (exact) mass is 522 g/mol. The third-order valence-electron chi connectivity index (χ3n) is 7.23. The van der Waals surface area contributed by atoms with Crippen molar-refractivity contribution >= 4 is 11.7 Å². The summed E-state index contributed by atoms with van der Waals surface area (Å²) in [5.41, 5.74) is 2.25. The van der Waals surface area contributed by atoms with Gasteiger partial charge in [0, 0.05) is 38.8 Å². The Morgan fingerprint density at radius 2 is 1.87 bits per heavy atom. The zero-order valence-electron chi connectivity index (χ0n) is 22.1. The molecule has 1 aliphatic rings. The van der Waals surface area contributed by atoms with Crippen molar-refractivity contribution in [2.45, 2.75) is 57.2 Å². The van der Waals surface area contributed by atoms with Gasteiger partial charge in [0.05, 0.1) is 17.7 Å². The number of carbonyl (C=O) groups is 1. The Kier molecular flexibility index (Phi) is 8.74. The number of benzene rings is 2. The predicted octanol–water partition coefficient (Wildman–Crippen LogP) is 4.29. The summed E-state index contributed by atoms with van der Waals surface area (Å²) < 4.78 is 27.6. The number of amides is 1. The molecule has 0 radical (unpaired) electrons. The van der Waals surface area contributed by atoms with E-state index in [1.807, 2.05) is 18.2 Å². The highest BCUT2D eigenvalue weighted by Gasteiger charge is 2.41. The highest BCUT2D eigenvalue weighted by Crippen LogP contribution is 2.35. The van der Waals surface area contributed by atoms with Crippen molar-refractivity contribution in [3.05, 3.63) is 95.2 Å². The molecule has 1 unspecified atom stereocenters. The van der Waals surface area contributed by atoms with Gasteiger partial charge in [-0.2, -0.15) is 0 Å². The molecular weight excluding hydrogens is 486 g/mol. The number of rotatable bonds is 10. The van der Waals surface area contributed by atoms with Gasteiger partial charge in [0.25, 0.3) is 0 Å². The normalized spacial score (nSPS) is 19.0. The summed E-state index contributed by atoms with van der Waals surface area (Å²) in [5.74, 6) is -0.465. The standard InChI is InChI=1S/C30H36F2N4O2/c1-20(2)23-7-6-8-24(16-23)30(10-12-36(19-30)29-9-4-5-11-33-29)34-18-28(38)27(35-21(3)37)15-22-13-25(31)17-26(32)14-22/h4-9,11,13-14,16-17,20,27-28,34,38H,10,12,15,18-19H2,1-3H3,(H,35,37)/t27-,28+,30?/m0/s1. The lowest BCUT2D eigenvalue weighted by Crippen LogP contribution is -2.53. The number of halogens is 2. The predicted molar refractivity (Wildman–Crippen MR) is 145 cm³/mol. The summed E-state index contributed by atoms with van der Waals surface area (Å²) in [6, 6.07) is 16.9. The van der Waals surface area contributed by atoms with Crippen molar-refractivity contribution in [1.82, 2.24) is 15.6 Å². The lowest BCUT2D eigenvalue weighted by Gasteiger charge is -2.34. The highest BCUT2D eigenvalue weighted by atomic mass is 19.1. The van der Waals surface area contributed by atoms with Crippen LogP contribution in [0.3, 0.4) is 0 Å². The quantitative estimate of drug-likeness (QED) is 0.371. The molecule has 1 amide bonds. The van der Waals surface area contributed by atoms with Crippen molar-refractivity contribution in [2.75, 3.05) is 24.5 Å². The van der Waals surface area contributed by atoms with Gasteiger partial charge >= 0.3 is 0 Å². The zero-order chi connectivity index (χ0) is 27.3. The van der Waals surface area contributed by atoms with E-state index in [4.69, 9.17) is 0 Å². The molecule has 38 heavy (non-hydrogen) atoms. The van der Waals surface area contributed by atoms with Gasteiger partial charge in [0.15, 0.2) is 0 Å². The first kappa shape index (κ1) is 27.7. The topological polar surface area (TPSA) is 77.5 Å². The highest BCUT2D eigenvalue weighted by molar-refractivity contribution is 5.73. The van der Waals surface area contributed by atoms with Crippen LogP contribution < -0.4 is 15.5 Å². The number of nitrogens with one attached hydrogen (secondary N) is 2. The summed E-state index contributed by atoms with van der Waals surface area (Å²) in [4.78, 5) is 18.7. The summed E-state index contributed by atoms with van der Waals surface area (Å²) in [7, 11) is 0. The van der Waals surface area contributed by atoms with E-state index in [-0.39, 0.29) is 18.9 Å². The van der Waals surface area contributed by atoms with Crippen LogP contribution in [0.15, 0.2) is 66.9 Å². The van der Waals surface area contributed by atoms with Gasteiger partial charge in [0.2, 0.25) is 5.91 Å². The molecule has 0 saturated carbocycles. The molecular formula is C30H36F2N4O2. The fourth-order valence-electron chi connectivity index (χ4n) is 5.19. The van der Waals surface area contributed by atoms with Crippen LogP contribution in [-0.4, -0.2) is 47.8 Å². The van der Waals surface area contributed by atoms with Crippen molar-refractivity contribution in [3.63, 3.8) is 0 Å². The molecule has 8 heteroatoms. The molecule has 3 aromatic rings. The number of pyridine rings is 1. The third-order valence-corrected chi connectivity index (χ3v) is 7.23. The first-order chi connectivity index (χ1) is 18.1. The van der Waals surface area contributed by atoms with Crippen molar-refractivity contribution in [3.8, 4) is 0 Å². The Morgan fingerprint density at radius 1 is 1.11 bits per heavy atom. The fourth-order valence-corrected chi connectivity index (χ4v) is 5.19. The van der Waals surface area contributed by atoms with Gasteiger partial charge in [-0.3, -0.25) is 4.79 Å². The number of carbonyl (C=O) groups excluding carboxylic acids is 1. The van der Waals surface area contributed by atoms with E-state index in [1.54, 1.807) is 6.20 Å². The molecule has 1 aliphatic heterocycles. The lowest BCUT2D eigenvalue weighted by atomic mass is 9.86. The van der Waals surface area contributed by atoms with Crippen molar-refractivity contribution in [2.24, 2.45) is 0 Å². The number of anilines is 1. The summed E-state index contributed by atoms with van der Waals surface area (Å²) in [5, 5.41) is 17.6. The maximum Gasteiger partial charge on any atom is 0.217 e. The van der Waals surface area contributed by atoms with Crippen LogP contribution in [0.4, 0.5) is 14.6 Å². The Hall–Kier alpha value is -3.36. The fraction of sp³-hybridized carbons (Fsp3) is 0.400. The summed E-state index contributed by atoms with van der Waals surface area (Å²) >= 11 is 0. The van der Waals surface area contributed by atoms with E-state index < -0.39 is 29.3 Å². The average Bonchev–Trinajstić information content (AvgIpc) is 3.32. The minimum atomic E-state index is -1.00. The first-order valence-electron chi connectivity index (χ1n) is 13.1. The van der Waals surface area contributed by atoms with Crippen LogP contribution >= 0.6 is 0 Å². The molecule has 6 nitrogen and oxygen atoms in total. The molecule has 2 aromatic carbocycles. The van der Waals surface area contributed by atoms with E-state index in [0.717, 1.165) is 30.4 Å². The SMILES string of the molecule is CC(=O)N[C@@H](Cc1cc(F)cc(F)c1)[C@H](O)CNC1(c2cccc(C(C)C)c2)CCN(c2ccccn2)C1. The Bertz CT molecular complexity index is 1220. The van der Waals surface area contributed by atoms with Crippen LogP contribution in [0.1, 0.15) is 49.8 Å². The van der Waals surface area contributed by atoms with Gasteiger partial charge in [-0.05, 0) is 59.7 Å².